The molecule has 0 heterocycles. The molecule has 7 heteroatoms. The van der Waals surface area contributed by atoms with Gasteiger partial charge in [0, 0.05) is 10.6 Å². The third-order valence-electron chi connectivity index (χ3n) is 4.79. The van der Waals surface area contributed by atoms with Gasteiger partial charge in [0.2, 0.25) is 0 Å². The summed E-state index contributed by atoms with van der Waals surface area (Å²) >= 11 is 5.84. The topological polar surface area (TPSA) is 75.3 Å². The average molecular weight is 443 g/mol. The van der Waals surface area contributed by atoms with Crippen LogP contribution in [0.25, 0.3) is 0 Å². The molecule has 30 heavy (non-hydrogen) atoms. The van der Waals surface area contributed by atoms with Crippen molar-refractivity contribution < 1.29 is 13.2 Å². The van der Waals surface area contributed by atoms with E-state index in [0.29, 0.717) is 21.8 Å². The van der Waals surface area contributed by atoms with Crippen molar-refractivity contribution >= 4 is 33.2 Å². The largest absolute Gasteiger partial charge is 0.346 e. The van der Waals surface area contributed by atoms with Crippen LogP contribution in [0.5, 0.6) is 0 Å². The molecule has 156 valence electrons. The first-order valence-electron chi connectivity index (χ1n) is 9.42. The summed E-state index contributed by atoms with van der Waals surface area (Å²) < 4.78 is 27.9. The van der Waals surface area contributed by atoms with Crippen LogP contribution in [-0.4, -0.2) is 14.3 Å². The van der Waals surface area contributed by atoms with E-state index >= 15 is 0 Å². The molecule has 0 aliphatic heterocycles. The van der Waals surface area contributed by atoms with Crippen LogP contribution in [0.15, 0.2) is 71.6 Å². The molecular weight excluding hydrogens is 420 g/mol. The van der Waals surface area contributed by atoms with Gasteiger partial charge in [-0.2, -0.15) is 0 Å². The number of anilines is 1. The first kappa shape index (κ1) is 21.9. The first-order chi connectivity index (χ1) is 14.2. The van der Waals surface area contributed by atoms with Gasteiger partial charge in [-0.1, -0.05) is 47.5 Å². The zero-order valence-corrected chi connectivity index (χ0v) is 18.5. The lowest BCUT2D eigenvalue weighted by atomic mass is 10.1. The number of hydrogen-bond donors (Lipinski definition) is 2. The van der Waals surface area contributed by atoms with Crippen LogP contribution in [0.3, 0.4) is 0 Å². The van der Waals surface area contributed by atoms with Crippen molar-refractivity contribution in [3.8, 4) is 0 Å². The lowest BCUT2D eigenvalue weighted by molar-refractivity contribution is 0.0940. The second kappa shape index (κ2) is 8.90. The number of hydrogen-bond acceptors (Lipinski definition) is 3. The van der Waals surface area contributed by atoms with Gasteiger partial charge in [0.25, 0.3) is 15.9 Å². The van der Waals surface area contributed by atoms with Crippen LogP contribution < -0.4 is 10.0 Å². The molecule has 0 bridgehead atoms. The highest BCUT2D eigenvalue weighted by Crippen LogP contribution is 2.23. The SMILES string of the molecule is Cc1ccc(C(C)NC(=O)c2ccc(C)c(NS(=O)(=O)c3ccc(Cl)cc3)c2)cc1. The monoisotopic (exact) mass is 442 g/mol. The molecule has 1 atom stereocenters. The molecular formula is C23H23ClN2O3S. The van der Waals surface area contributed by atoms with Gasteiger partial charge in [-0.25, -0.2) is 8.42 Å². The van der Waals surface area contributed by atoms with Crippen molar-refractivity contribution in [2.24, 2.45) is 0 Å². The highest BCUT2D eigenvalue weighted by Gasteiger charge is 2.17. The maximum atomic E-state index is 12.7. The van der Waals surface area contributed by atoms with Crippen molar-refractivity contribution in [2.75, 3.05) is 4.72 Å². The van der Waals surface area contributed by atoms with Crippen molar-refractivity contribution in [3.05, 3.63) is 94.0 Å². The number of nitrogens with one attached hydrogen (secondary N) is 2. The summed E-state index contributed by atoms with van der Waals surface area (Å²) in [6.45, 7) is 5.68. The van der Waals surface area contributed by atoms with E-state index in [4.69, 9.17) is 11.6 Å². The molecule has 3 aromatic carbocycles. The second-order valence-corrected chi connectivity index (χ2v) is 9.31. The fraction of sp³-hybridized carbons (Fsp3) is 0.174. The van der Waals surface area contributed by atoms with Gasteiger partial charge in [-0.05, 0) is 68.3 Å². The quantitative estimate of drug-likeness (QED) is 0.547. The summed E-state index contributed by atoms with van der Waals surface area (Å²) in [4.78, 5) is 12.8. The molecule has 0 aliphatic rings. The van der Waals surface area contributed by atoms with E-state index in [1.165, 1.54) is 24.3 Å². The Morgan fingerprint density at radius 1 is 0.933 bits per heavy atom. The minimum atomic E-state index is -3.81. The molecule has 3 rings (SSSR count). The second-order valence-electron chi connectivity index (χ2n) is 7.19. The summed E-state index contributed by atoms with van der Waals surface area (Å²) in [5.41, 5.74) is 3.56. The summed E-state index contributed by atoms with van der Waals surface area (Å²) in [5, 5.41) is 3.40. The Bertz CT molecular complexity index is 1160. The Morgan fingerprint density at radius 2 is 1.57 bits per heavy atom. The number of benzene rings is 3. The van der Waals surface area contributed by atoms with Crippen molar-refractivity contribution in [1.29, 1.82) is 0 Å². The first-order valence-corrected chi connectivity index (χ1v) is 11.3. The zero-order valence-electron chi connectivity index (χ0n) is 16.9. The molecule has 0 aliphatic carbocycles. The van der Waals surface area contributed by atoms with Crippen molar-refractivity contribution in [2.45, 2.75) is 31.7 Å². The number of carbonyl (C=O) groups excluding carboxylic acids is 1. The van der Waals surface area contributed by atoms with Crippen LogP contribution in [0, 0.1) is 13.8 Å². The smallest absolute Gasteiger partial charge is 0.261 e. The van der Waals surface area contributed by atoms with Gasteiger partial charge in [0.1, 0.15) is 0 Å². The summed E-state index contributed by atoms with van der Waals surface area (Å²) in [5.74, 6) is -0.282. The third kappa shape index (κ3) is 5.20. The Balaban J connectivity index is 1.79. The molecule has 2 N–H and O–H groups in total. The van der Waals surface area contributed by atoms with Crippen LogP contribution >= 0.6 is 11.6 Å². The number of sulfonamides is 1. The van der Waals surface area contributed by atoms with Crippen LogP contribution in [0.1, 0.15) is 40.0 Å². The van der Waals surface area contributed by atoms with E-state index in [0.717, 1.165) is 11.1 Å². The van der Waals surface area contributed by atoms with Gasteiger partial charge in [-0.15, -0.1) is 0 Å². The molecule has 0 spiro atoms. The van der Waals surface area contributed by atoms with Crippen molar-refractivity contribution in [1.82, 2.24) is 5.32 Å². The minimum Gasteiger partial charge on any atom is -0.346 e. The minimum absolute atomic E-state index is 0.0918. The fourth-order valence-electron chi connectivity index (χ4n) is 2.91. The van der Waals surface area contributed by atoms with E-state index in [2.05, 4.69) is 10.0 Å². The third-order valence-corrected chi connectivity index (χ3v) is 6.43. The summed E-state index contributed by atoms with van der Waals surface area (Å²) in [6, 6.07) is 18.6. The zero-order chi connectivity index (χ0) is 21.9. The van der Waals surface area contributed by atoms with E-state index in [1.807, 2.05) is 38.1 Å². The van der Waals surface area contributed by atoms with Gasteiger partial charge in [0.15, 0.2) is 0 Å². The predicted octanol–water partition coefficient (Wildman–Crippen LogP) is 5.25. The predicted molar refractivity (Wildman–Crippen MR) is 120 cm³/mol. The summed E-state index contributed by atoms with van der Waals surface area (Å²) in [6.07, 6.45) is 0. The number of halogens is 1. The standard InChI is InChI=1S/C23H23ClN2O3S/c1-15-4-7-18(8-5-15)17(3)25-23(27)19-9-6-16(2)22(14-19)26-30(28,29)21-12-10-20(24)11-13-21/h4-14,17,26H,1-3H3,(H,25,27). The van der Waals surface area contributed by atoms with Crippen LogP contribution in [0.4, 0.5) is 5.69 Å². The lowest BCUT2D eigenvalue weighted by Crippen LogP contribution is -2.26. The molecule has 0 aromatic heterocycles. The molecule has 5 nitrogen and oxygen atoms in total. The van der Waals surface area contributed by atoms with Gasteiger partial charge < -0.3 is 5.32 Å². The molecule has 1 unspecified atom stereocenters. The van der Waals surface area contributed by atoms with Gasteiger partial charge >= 0.3 is 0 Å². The molecule has 3 aromatic rings. The van der Waals surface area contributed by atoms with E-state index in [-0.39, 0.29) is 16.8 Å². The Labute approximate surface area is 182 Å². The summed E-state index contributed by atoms with van der Waals surface area (Å²) in [7, 11) is -3.81. The number of amides is 1. The van der Waals surface area contributed by atoms with E-state index in [9.17, 15) is 13.2 Å². The average Bonchev–Trinajstić information content (AvgIpc) is 2.70. The highest BCUT2D eigenvalue weighted by molar-refractivity contribution is 7.92. The number of rotatable bonds is 6. The van der Waals surface area contributed by atoms with Crippen LogP contribution in [-0.2, 0) is 10.0 Å². The molecule has 0 fully saturated rings. The maximum Gasteiger partial charge on any atom is 0.261 e. The maximum absolute atomic E-state index is 12.7. The van der Waals surface area contributed by atoms with Gasteiger partial charge in [-0.3, -0.25) is 9.52 Å². The Kier molecular flexibility index (Phi) is 6.48. The van der Waals surface area contributed by atoms with E-state index in [1.54, 1.807) is 25.1 Å². The van der Waals surface area contributed by atoms with Crippen molar-refractivity contribution in [3.63, 3.8) is 0 Å². The lowest BCUT2D eigenvalue weighted by Gasteiger charge is -2.16. The van der Waals surface area contributed by atoms with Crippen LogP contribution in [0.2, 0.25) is 5.02 Å². The molecule has 0 saturated heterocycles. The normalized spacial score (nSPS) is 12.3. The molecule has 0 saturated carbocycles. The fourth-order valence-corrected chi connectivity index (χ4v) is 4.16. The number of carbonyl (C=O) groups is 1. The Hall–Kier alpha value is -2.83. The number of aryl methyl sites for hydroxylation is 2. The van der Waals surface area contributed by atoms with Gasteiger partial charge in [0.05, 0.1) is 16.6 Å². The molecule has 1 amide bonds. The highest BCUT2D eigenvalue weighted by atomic mass is 35.5. The Morgan fingerprint density at radius 3 is 2.20 bits per heavy atom. The van der Waals surface area contributed by atoms with E-state index < -0.39 is 10.0 Å². The molecule has 0 radical (unpaired) electrons.